The van der Waals surface area contributed by atoms with Crippen molar-refractivity contribution in [3.8, 4) is 0 Å². The van der Waals surface area contributed by atoms with Gasteiger partial charge in [-0.2, -0.15) is 0 Å². The molecule has 1 fully saturated rings. The number of nitrogen functional groups attached to an aromatic ring is 1. The molecule has 15 heavy (non-hydrogen) atoms. The highest BCUT2D eigenvalue weighted by molar-refractivity contribution is 5.81. The summed E-state index contributed by atoms with van der Waals surface area (Å²) >= 11 is 0. The SMILES string of the molecule is Nc1cc(C=O)ccc1N1CCCCC1. The van der Waals surface area contributed by atoms with Crippen LogP contribution in [0, 0.1) is 0 Å². The number of carbonyl (C=O) groups is 1. The van der Waals surface area contributed by atoms with E-state index in [0.717, 1.165) is 25.1 Å². The van der Waals surface area contributed by atoms with E-state index in [0.29, 0.717) is 11.3 Å². The number of aldehydes is 1. The minimum absolute atomic E-state index is 0.647. The van der Waals surface area contributed by atoms with Gasteiger partial charge in [-0.15, -0.1) is 0 Å². The van der Waals surface area contributed by atoms with E-state index in [1.165, 1.54) is 19.3 Å². The van der Waals surface area contributed by atoms with Crippen molar-refractivity contribution in [2.24, 2.45) is 0 Å². The predicted octanol–water partition coefficient (Wildman–Crippen LogP) is 2.07. The average Bonchev–Trinajstić information content (AvgIpc) is 2.30. The monoisotopic (exact) mass is 204 g/mol. The zero-order chi connectivity index (χ0) is 10.7. The van der Waals surface area contributed by atoms with Crippen LogP contribution in [0.15, 0.2) is 18.2 Å². The molecule has 0 aromatic heterocycles. The minimum atomic E-state index is 0.647. The van der Waals surface area contributed by atoms with Gasteiger partial charge in [-0.3, -0.25) is 4.79 Å². The predicted molar refractivity (Wildman–Crippen MR) is 62.3 cm³/mol. The lowest BCUT2D eigenvalue weighted by Gasteiger charge is -2.29. The van der Waals surface area contributed by atoms with Crippen molar-refractivity contribution in [2.75, 3.05) is 23.7 Å². The molecule has 3 nitrogen and oxygen atoms in total. The molecule has 0 atom stereocenters. The maximum Gasteiger partial charge on any atom is 0.150 e. The number of rotatable bonds is 2. The van der Waals surface area contributed by atoms with Crippen molar-refractivity contribution in [3.63, 3.8) is 0 Å². The summed E-state index contributed by atoms with van der Waals surface area (Å²) in [5.74, 6) is 0. The molecule has 1 aliphatic heterocycles. The summed E-state index contributed by atoms with van der Waals surface area (Å²) in [7, 11) is 0. The largest absolute Gasteiger partial charge is 0.397 e. The highest BCUT2D eigenvalue weighted by Gasteiger charge is 2.13. The quantitative estimate of drug-likeness (QED) is 0.592. The second-order valence-electron chi connectivity index (χ2n) is 3.98. The number of carbonyl (C=O) groups excluding carboxylic acids is 1. The molecule has 0 saturated carbocycles. The van der Waals surface area contributed by atoms with Crippen LogP contribution in [0.5, 0.6) is 0 Å². The highest BCUT2D eigenvalue weighted by atomic mass is 16.1. The molecular weight excluding hydrogens is 188 g/mol. The van der Waals surface area contributed by atoms with E-state index in [1.807, 2.05) is 12.1 Å². The lowest BCUT2D eigenvalue weighted by Crippen LogP contribution is -2.30. The van der Waals surface area contributed by atoms with Gasteiger partial charge in [0, 0.05) is 18.7 Å². The van der Waals surface area contributed by atoms with Crippen molar-refractivity contribution in [1.82, 2.24) is 0 Å². The summed E-state index contributed by atoms with van der Waals surface area (Å²) in [6.07, 6.45) is 4.60. The Morgan fingerprint density at radius 1 is 1.20 bits per heavy atom. The fourth-order valence-corrected chi connectivity index (χ4v) is 2.07. The molecule has 1 aromatic carbocycles. The van der Waals surface area contributed by atoms with E-state index < -0.39 is 0 Å². The molecule has 2 rings (SSSR count). The Balaban J connectivity index is 2.23. The van der Waals surface area contributed by atoms with Crippen LogP contribution in [0.4, 0.5) is 11.4 Å². The van der Waals surface area contributed by atoms with Gasteiger partial charge in [0.1, 0.15) is 6.29 Å². The van der Waals surface area contributed by atoms with Gasteiger partial charge in [0.25, 0.3) is 0 Å². The number of hydrogen-bond donors (Lipinski definition) is 1. The summed E-state index contributed by atoms with van der Waals surface area (Å²) in [6.45, 7) is 2.15. The van der Waals surface area contributed by atoms with Crippen LogP contribution in [0.1, 0.15) is 29.6 Å². The number of nitrogens with zero attached hydrogens (tertiary/aromatic N) is 1. The Kier molecular flexibility index (Phi) is 2.90. The molecule has 0 bridgehead atoms. The fourth-order valence-electron chi connectivity index (χ4n) is 2.07. The van der Waals surface area contributed by atoms with E-state index in [4.69, 9.17) is 5.73 Å². The molecule has 2 N–H and O–H groups in total. The van der Waals surface area contributed by atoms with E-state index in [-0.39, 0.29) is 0 Å². The van der Waals surface area contributed by atoms with E-state index >= 15 is 0 Å². The molecule has 0 unspecified atom stereocenters. The van der Waals surface area contributed by atoms with Crippen molar-refractivity contribution in [3.05, 3.63) is 23.8 Å². The Morgan fingerprint density at radius 2 is 1.93 bits per heavy atom. The van der Waals surface area contributed by atoms with Crippen molar-refractivity contribution >= 4 is 17.7 Å². The molecule has 1 aliphatic rings. The van der Waals surface area contributed by atoms with Crippen LogP contribution in [0.3, 0.4) is 0 Å². The third kappa shape index (κ3) is 2.12. The van der Waals surface area contributed by atoms with Gasteiger partial charge in [-0.25, -0.2) is 0 Å². The third-order valence-corrected chi connectivity index (χ3v) is 2.88. The number of nitrogens with two attached hydrogens (primary N) is 1. The third-order valence-electron chi connectivity index (χ3n) is 2.88. The maximum absolute atomic E-state index is 10.6. The normalized spacial score (nSPS) is 16.4. The highest BCUT2D eigenvalue weighted by Crippen LogP contribution is 2.26. The molecule has 0 aliphatic carbocycles. The molecule has 1 aromatic rings. The summed E-state index contributed by atoms with van der Waals surface area (Å²) in [5, 5.41) is 0. The molecule has 80 valence electrons. The molecule has 1 saturated heterocycles. The maximum atomic E-state index is 10.6. The smallest absolute Gasteiger partial charge is 0.150 e. The van der Waals surface area contributed by atoms with Crippen LogP contribution < -0.4 is 10.6 Å². The Labute approximate surface area is 89.9 Å². The summed E-state index contributed by atoms with van der Waals surface area (Å²) in [5.41, 5.74) is 8.35. The van der Waals surface area contributed by atoms with Crippen molar-refractivity contribution in [1.29, 1.82) is 0 Å². The summed E-state index contributed by atoms with van der Waals surface area (Å²) in [4.78, 5) is 12.9. The van der Waals surface area contributed by atoms with Crippen molar-refractivity contribution < 1.29 is 4.79 Å². The van der Waals surface area contributed by atoms with Crippen LogP contribution in [0.25, 0.3) is 0 Å². The molecule has 0 amide bonds. The first kappa shape index (κ1) is 10.0. The van der Waals surface area contributed by atoms with Gasteiger partial charge in [-0.05, 0) is 37.5 Å². The number of hydrogen-bond acceptors (Lipinski definition) is 3. The lowest BCUT2D eigenvalue weighted by molar-refractivity contribution is 0.112. The molecule has 1 heterocycles. The minimum Gasteiger partial charge on any atom is -0.397 e. The van der Waals surface area contributed by atoms with Crippen molar-refractivity contribution in [2.45, 2.75) is 19.3 Å². The van der Waals surface area contributed by atoms with Gasteiger partial charge >= 0.3 is 0 Å². The first-order chi connectivity index (χ1) is 7.31. The van der Waals surface area contributed by atoms with E-state index in [2.05, 4.69) is 4.90 Å². The molecule has 3 heteroatoms. The zero-order valence-electron chi connectivity index (χ0n) is 8.78. The number of piperidine rings is 1. The summed E-state index contributed by atoms with van der Waals surface area (Å²) < 4.78 is 0. The lowest BCUT2D eigenvalue weighted by atomic mass is 10.1. The van der Waals surface area contributed by atoms with Crippen LogP contribution in [-0.2, 0) is 0 Å². The van der Waals surface area contributed by atoms with Gasteiger partial charge < -0.3 is 10.6 Å². The first-order valence-electron chi connectivity index (χ1n) is 5.41. The summed E-state index contributed by atoms with van der Waals surface area (Å²) in [6, 6.07) is 5.52. The number of benzene rings is 1. The Morgan fingerprint density at radius 3 is 2.53 bits per heavy atom. The van der Waals surface area contributed by atoms with E-state index in [9.17, 15) is 4.79 Å². The average molecular weight is 204 g/mol. The number of anilines is 2. The molecule has 0 radical (unpaired) electrons. The first-order valence-corrected chi connectivity index (χ1v) is 5.41. The van der Waals surface area contributed by atoms with Gasteiger partial charge in [0.15, 0.2) is 0 Å². The standard InChI is InChI=1S/C12H16N2O/c13-11-8-10(9-15)4-5-12(11)14-6-2-1-3-7-14/h4-5,8-9H,1-3,6-7,13H2. The van der Waals surface area contributed by atoms with Crippen LogP contribution >= 0.6 is 0 Å². The van der Waals surface area contributed by atoms with Gasteiger partial charge in [-0.1, -0.05) is 0 Å². The van der Waals surface area contributed by atoms with E-state index in [1.54, 1.807) is 6.07 Å². The second-order valence-corrected chi connectivity index (χ2v) is 3.98. The van der Waals surface area contributed by atoms with Gasteiger partial charge in [0.05, 0.1) is 11.4 Å². The molecule has 0 spiro atoms. The zero-order valence-corrected chi connectivity index (χ0v) is 8.78. The topological polar surface area (TPSA) is 46.3 Å². The van der Waals surface area contributed by atoms with Gasteiger partial charge in [0.2, 0.25) is 0 Å². The van der Waals surface area contributed by atoms with Crippen LogP contribution in [0.2, 0.25) is 0 Å². The molecular formula is C12H16N2O. The Hall–Kier alpha value is -1.51. The second kappa shape index (κ2) is 4.34. The Bertz CT molecular complexity index is 357. The van der Waals surface area contributed by atoms with Crippen LogP contribution in [-0.4, -0.2) is 19.4 Å². The fraction of sp³-hybridized carbons (Fsp3) is 0.417.